The summed E-state index contributed by atoms with van der Waals surface area (Å²) < 4.78 is 0. The first kappa shape index (κ1) is 15.3. The summed E-state index contributed by atoms with van der Waals surface area (Å²) in [7, 11) is 0. The third-order valence-corrected chi connectivity index (χ3v) is 3.68. The summed E-state index contributed by atoms with van der Waals surface area (Å²) in [5.41, 5.74) is 11.8. The second-order valence-electron chi connectivity index (χ2n) is 4.03. The van der Waals surface area contributed by atoms with Gasteiger partial charge in [0.15, 0.2) is 0 Å². The number of carbonyl (C=O) groups is 1. The minimum atomic E-state index is -0.424. The first-order chi connectivity index (χ1) is 10.6. The number of aromatic nitrogens is 2. The molecule has 1 amide bonds. The zero-order chi connectivity index (χ0) is 16.1. The van der Waals surface area contributed by atoms with Crippen LogP contribution in [-0.2, 0) is 4.79 Å². The van der Waals surface area contributed by atoms with Crippen LogP contribution in [0.4, 0.5) is 11.5 Å². The lowest BCUT2D eigenvalue weighted by Gasteiger charge is -2.01. The number of rotatable bonds is 2. The maximum Gasteiger partial charge on any atom is 0.269 e. The molecule has 2 aromatic heterocycles. The van der Waals surface area contributed by atoms with Crippen molar-refractivity contribution >= 4 is 39.5 Å². The Labute approximate surface area is 128 Å². The Hall–Kier alpha value is -3.07. The van der Waals surface area contributed by atoms with E-state index in [1.54, 1.807) is 12.1 Å². The molecule has 9 heteroatoms. The molecule has 1 aromatic carbocycles. The number of non-ortho nitro benzene ring substituents is 1. The molecule has 4 N–H and O–H groups in total. The number of nitrogen functional groups attached to an aromatic ring is 1. The topological polar surface area (TPSA) is 138 Å². The average Bonchev–Trinajstić information content (AvgIpc) is 2.93. The Bertz CT molecular complexity index is 816. The van der Waals surface area contributed by atoms with Crippen molar-refractivity contribution in [3.05, 3.63) is 46.1 Å². The largest absolute Gasteiger partial charge is 0.383 e. The first-order valence-corrected chi connectivity index (χ1v) is 6.84. The minimum Gasteiger partial charge on any atom is -0.383 e. The predicted octanol–water partition coefficient (Wildman–Crippen LogP) is 1.95. The standard InChI is InChI=1S/C12H8N4O2S.CH3NO/c13-11-10-9(5-19-12(10)15-6-14-11)7-1-3-8(4-2-7)16(17)18;2-1-3/h1-6H,(H2,13,14,15);1H,(H2,2,3). The molecule has 0 unspecified atom stereocenters. The lowest BCUT2D eigenvalue weighted by atomic mass is 10.1. The molecule has 0 radical (unpaired) electrons. The molecule has 0 aliphatic rings. The van der Waals surface area contributed by atoms with Crippen molar-refractivity contribution < 1.29 is 9.72 Å². The highest BCUT2D eigenvalue weighted by atomic mass is 32.1. The number of primary amides is 1. The van der Waals surface area contributed by atoms with E-state index in [0.717, 1.165) is 21.3 Å². The lowest BCUT2D eigenvalue weighted by molar-refractivity contribution is -0.384. The van der Waals surface area contributed by atoms with E-state index in [1.165, 1.54) is 29.8 Å². The van der Waals surface area contributed by atoms with Gasteiger partial charge in [-0.05, 0) is 17.7 Å². The van der Waals surface area contributed by atoms with Crippen LogP contribution in [0.15, 0.2) is 36.0 Å². The van der Waals surface area contributed by atoms with Gasteiger partial charge in [0.1, 0.15) is 17.0 Å². The van der Waals surface area contributed by atoms with Crippen LogP contribution in [-0.4, -0.2) is 21.3 Å². The van der Waals surface area contributed by atoms with Gasteiger partial charge < -0.3 is 11.5 Å². The summed E-state index contributed by atoms with van der Waals surface area (Å²) in [4.78, 5) is 27.7. The van der Waals surface area contributed by atoms with Gasteiger partial charge in [0, 0.05) is 23.1 Å². The number of hydrogen-bond donors (Lipinski definition) is 2. The van der Waals surface area contributed by atoms with Gasteiger partial charge in [0.2, 0.25) is 6.41 Å². The molecule has 0 bridgehead atoms. The minimum absolute atomic E-state index is 0.0625. The van der Waals surface area contributed by atoms with Crippen LogP contribution in [0, 0.1) is 10.1 Å². The molecule has 0 spiro atoms. The predicted molar refractivity (Wildman–Crippen MR) is 84.2 cm³/mol. The molecule has 0 aliphatic heterocycles. The highest BCUT2D eigenvalue weighted by molar-refractivity contribution is 7.17. The van der Waals surface area contributed by atoms with Crippen molar-refractivity contribution in [3.63, 3.8) is 0 Å². The van der Waals surface area contributed by atoms with Crippen molar-refractivity contribution in [1.82, 2.24) is 9.97 Å². The molecular weight excluding hydrogens is 306 g/mol. The molecule has 2 heterocycles. The summed E-state index contributed by atoms with van der Waals surface area (Å²) in [6.07, 6.45) is 1.67. The SMILES string of the molecule is NC=O.Nc1ncnc2scc(-c3ccc([N+](=O)[O-])cc3)c12. The maximum absolute atomic E-state index is 10.6. The summed E-state index contributed by atoms with van der Waals surface area (Å²) >= 11 is 1.47. The van der Waals surface area contributed by atoms with Gasteiger partial charge in [-0.25, -0.2) is 9.97 Å². The van der Waals surface area contributed by atoms with Gasteiger partial charge in [-0.15, -0.1) is 11.3 Å². The molecule has 0 saturated carbocycles. The summed E-state index contributed by atoms with van der Waals surface area (Å²) in [5, 5.41) is 13.4. The molecule has 0 aliphatic carbocycles. The molecule has 0 fully saturated rings. The van der Waals surface area contributed by atoms with Crippen molar-refractivity contribution in [2.75, 3.05) is 5.73 Å². The van der Waals surface area contributed by atoms with E-state index in [-0.39, 0.29) is 12.1 Å². The highest BCUT2D eigenvalue weighted by Crippen LogP contribution is 2.35. The number of nitrogens with two attached hydrogens (primary N) is 2. The monoisotopic (exact) mass is 317 g/mol. The third kappa shape index (κ3) is 2.99. The lowest BCUT2D eigenvalue weighted by Crippen LogP contribution is -1.92. The van der Waals surface area contributed by atoms with Crippen molar-refractivity contribution in [2.45, 2.75) is 0 Å². The summed E-state index contributed by atoms with van der Waals surface area (Å²) in [6.45, 7) is 0. The number of amides is 1. The highest BCUT2D eigenvalue weighted by Gasteiger charge is 2.12. The zero-order valence-corrected chi connectivity index (χ0v) is 12.0. The van der Waals surface area contributed by atoms with E-state index in [0.29, 0.717) is 5.82 Å². The van der Waals surface area contributed by atoms with Gasteiger partial charge in [0.05, 0.1) is 10.3 Å². The molecule has 3 rings (SSSR count). The number of anilines is 1. The van der Waals surface area contributed by atoms with Gasteiger partial charge in [0.25, 0.3) is 5.69 Å². The second kappa shape index (κ2) is 6.59. The summed E-state index contributed by atoms with van der Waals surface area (Å²) in [5.74, 6) is 0.416. The fourth-order valence-corrected chi connectivity index (χ4v) is 2.80. The van der Waals surface area contributed by atoms with Crippen LogP contribution >= 0.6 is 11.3 Å². The normalized spacial score (nSPS) is 9.82. The quantitative estimate of drug-likeness (QED) is 0.421. The number of thiophene rings is 1. The average molecular weight is 317 g/mol. The Balaban J connectivity index is 0.000000545. The van der Waals surface area contributed by atoms with Crippen molar-refractivity contribution in [1.29, 1.82) is 0 Å². The van der Waals surface area contributed by atoms with Gasteiger partial charge in [-0.3, -0.25) is 14.9 Å². The zero-order valence-electron chi connectivity index (χ0n) is 11.2. The number of nitro groups is 1. The van der Waals surface area contributed by atoms with Crippen LogP contribution in [0.5, 0.6) is 0 Å². The number of fused-ring (bicyclic) bond motifs is 1. The maximum atomic E-state index is 10.6. The number of nitrogens with zero attached hydrogens (tertiary/aromatic N) is 3. The van der Waals surface area contributed by atoms with Crippen LogP contribution < -0.4 is 11.5 Å². The van der Waals surface area contributed by atoms with Crippen molar-refractivity contribution in [2.24, 2.45) is 5.73 Å². The van der Waals surface area contributed by atoms with E-state index in [1.807, 2.05) is 5.38 Å². The Kier molecular flexibility index (Phi) is 4.59. The molecular formula is C13H11N5O3S. The van der Waals surface area contributed by atoms with E-state index in [4.69, 9.17) is 10.5 Å². The van der Waals surface area contributed by atoms with Gasteiger partial charge >= 0.3 is 0 Å². The van der Waals surface area contributed by atoms with Crippen LogP contribution in [0.2, 0.25) is 0 Å². The number of nitro benzene ring substituents is 1. The van der Waals surface area contributed by atoms with Crippen LogP contribution in [0.3, 0.4) is 0 Å². The molecule has 112 valence electrons. The molecule has 0 saturated heterocycles. The van der Waals surface area contributed by atoms with E-state index < -0.39 is 4.92 Å². The Morgan fingerprint density at radius 1 is 1.23 bits per heavy atom. The smallest absolute Gasteiger partial charge is 0.269 e. The summed E-state index contributed by atoms with van der Waals surface area (Å²) in [6, 6.07) is 6.34. The molecule has 0 atom stereocenters. The first-order valence-electron chi connectivity index (χ1n) is 5.96. The fourth-order valence-electron chi connectivity index (χ4n) is 1.87. The van der Waals surface area contributed by atoms with E-state index in [2.05, 4.69) is 15.7 Å². The fraction of sp³-hybridized carbons (Fsp3) is 0. The Morgan fingerprint density at radius 2 is 1.86 bits per heavy atom. The second-order valence-corrected chi connectivity index (χ2v) is 4.89. The van der Waals surface area contributed by atoms with Crippen LogP contribution in [0.25, 0.3) is 21.3 Å². The number of benzene rings is 1. The van der Waals surface area contributed by atoms with E-state index in [9.17, 15) is 10.1 Å². The van der Waals surface area contributed by atoms with Gasteiger partial charge in [-0.2, -0.15) is 0 Å². The Morgan fingerprint density at radius 3 is 2.45 bits per heavy atom. The van der Waals surface area contributed by atoms with Crippen LogP contribution in [0.1, 0.15) is 0 Å². The third-order valence-electron chi connectivity index (χ3n) is 2.79. The molecule has 8 nitrogen and oxygen atoms in total. The molecule has 22 heavy (non-hydrogen) atoms. The number of carbonyl (C=O) groups excluding carboxylic acids is 1. The van der Waals surface area contributed by atoms with Crippen molar-refractivity contribution in [3.8, 4) is 11.1 Å². The van der Waals surface area contributed by atoms with E-state index >= 15 is 0 Å². The number of hydrogen-bond acceptors (Lipinski definition) is 7. The van der Waals surface area contributed by atoms with Gasteiger partial charge in [-0.1, -0.05) is 0 Å². The molecule has 3 aromatic rings.